The second kappa shape index (κ2) is 7.71. The largest absolute Gasteiger partial charge is 0.349 e. The topological polar surface area (TPSA) is 46.9 Å². The molecule has 6 rings (SSSR count). The Hall–Kier alpha value is -2.10. The molecule has 4 aliphatic rings. The van der Waals surface area contributed by atoms with Gasteiger partial charge in [0.1, 0.15) is 5.82 Å². The van der Waals surface area contributed by atoms with E-state index in [1.54, 1.807) is 0 Å². The zero-order chi connectivity index (χ0) is 22.8. The zero-order valence-electron chi connectivity index (χ0n) is 20.5. The predicted molar refractivity (Wildman–Crippen MR) is 130 cm³/mol. The molecule has 8 atom stereocenters. The third-order valence-corrected chi connectivity index (χ3v) is 10.8. The van der Waals surface area contributed by atoms with E-state index >= 15 is 0 Å². The number of rotatable bonds is 3. The van der Waals surface area contributed by atoms with Gasteiger partial charge < -0.3 is 9.88 Å². The van der Waals surface area contributed by atoms with E-state index < -0.39 is 0 Å². The van der Waals surface area contributed by atoms with Crippen molar-refractivity contribution in [3.63, 3.8) is 0 Å². The van der Waals surface area contributed by atoms with Crippen LogP contribution in [0.5, 0.6) is 0 Å². The molecule has 4 nitrogen and oxygen atoms in total. The number of carbonyl (C=O) groups is 1. The summed E-state index contributed by atoms with van der Waals surface area (Å²) in [7, 11) is 0. The first-order valence-electron chi connectivity index (χ1n) is 13.3. The van der Waals surface area contributed by atoms with Crippen molar-refractivity contribution in [1.82, 2.24) is 14.9 Å². The number of hydrogen-bond donors (Lipinski definition) is 1. The van der Waals surface area contributed by atoms with Gasteiger partial charge in [0.15, 0.2) is 0 Å². The average Bonchev–Trinajstić information content (AvgIpc) is 3.43. The summed E-state index contributed by atoms with van der Waals surface area (Å²) in [5.41, 5.74) is 1.72. The van der Waals surface area contributed by atoms with Crippen molar-refractivity contribution in [2.75, 3.05) is 0 Å². The van der Waals surface area contributed by atoms with Crippen molar-refractivity contribution in [2.45, 2.75) is 84.2 Å². The van der Waals surface area contributed by atoms with Gasteiger partial charge in [0.2, 0.25) is 5.91 Å². The minimum atomic E-state index is 0.0682. The highest BCUT2D eigenvalue weighted by Crippen LogP contribution is 2.67. The summed E-state index contributed by atoms with van der Waals surface area (Å²) < 4.78 is 2.52. The summed E-state index contributed by atoms with van der Waals surface area (Å²) in [5.74, 6) is 4.00. The summed E-state index contributed by atoms with van der Waals surface area (Å²) in [6.07, 6.45) is 14.0. The Kier molecular flexibility index (Phi) is 5.01. The number of nitrogens with one attached hydrogen (secondary N) is 1. The molecule has 33 heavy (non-hydrogen) atoms. The number of hydrogen-bond acceptors (Lipinski definition) is 2. The number of benzene rings is 1. The summed E-state index contributed by atoms with van der Waals surface area (Å²) >= 11 is 0. The van der Waals surface area contributed by atoms with Gasteiger partial charge in [0, 0.05) is 30.8 Å². The Labute approximate surface area is 198 Å². The highest BCUT2D eigenvalue weighted by atomic mass is 16.2. The van der Waals surface area contributed by atoms with Crippen molar-refractivity contribution < 1.29 is 4.79 Å². The van der Waals surface area contributed by atoms with Crippen LogP contribution in [0.2, 0.25) is 0 Å². The minimum Gasteiger partial charge on any atom is -0.349 e. The Morgan fingerprint density at radius 1 is 1.03 bits per heavy atom. The van der Waals surface area contributed by atoms with Crippen molar-refractivity contribution >= 4 is 5.91 Å². The molecule has 176 valence electrons. The van der Waals surface area contributed by atoms with E-state index in [9.17, 15) is 4.79 Å². The maximum atomic E-state index is 13.5. The second-order valence-electron chi connectivity index (χ2n) is 12.0. The lowest BCUT2D eigenvalue weighted by Gasteiger charge is -2.60. The highest BCUT2D eigenvalue weighted by Gasteiger charge is 2.61. The minimum absolute atomic E-state index is 0.0682. The van der Waals surface area contributed by atoms with Gasteiger partial charge in [-0.3, -0.25) is 4.79 Å². The third-order valence-electron chi connectivity index (χ3n) is 10.8. The summed E-state index contributed by atoms with van der Waals surface area (Å²) in [6.45, 7) is 7.16. The summed E-state index contributed by atoms with van der Waals surface area (Å²) in [4.78, 5) is 18.2. The third kappa shape index (κ3) is 3.15. The molecule has 1 aromatic heterocycles. The van der Waals surface area contributed by atoms with Crippen LogP contribution in [0.3, 0.4) is 0 Å². The maximum absolute atomic E-state index is 13.5. The number of aromatic nitrogens is 2. The van der Waals surface area contributed by atoms with Crippen LogP contribution < -0.4 is 5.32 Å². The van der Waals surface area contributed by atoms with Gasteiger partial charge in [-0.25, -0.2) is 4.98 Å². The number of fused-ring (bicyclic) bond motifs is 7. The van der Waals surface area contributed by atoms with E-state index in [0.29, 0.717) is 17.4 Å². The molecule has 2 heterocycles. The molecule has 0 bridgehead atoms. The fraction of sp³-hybridized carbons (Fsp3) is 0.655. The van der Waals surface area contributed by atoms with Crippen LogP contribution in [0, 0.1) is 34.5 Å². The Bertz CT molecular complexity index is 1030. The predicted octanol–water partition coefficient (Wildman–Crippen LogP) is 6.11. The van der Waals surface area contributed by atoms with Crippen LogP contribution in [-0.4, -0.2) is 15.5 Å². The van der Waals surface area contributed by atoms with E-state index in [-0.39, 0.29) is 23.3 Å². The van der Waals surface area contributed by atoms with Gasteiger partial charge in [-0.05, 0) is 86.0 Å². The molecule has 0 saturated heterocycles. The van der Waals surface area contributed by atoms with Crippen molar-refractivity contribution in [1.29, 1.82) is 0 Å². The van der Waals surface area contributed by atoms with E-state index in [0.717, 1.165) is 24.7 Å². The van der Waals surface area contributed by atoms with Gasteiger partial charge >= 0.3 is 0 Å². The molecule has 4 heteroatoms. The van der Waals surface area contributed by atoms with E-state index in [2.05, 4.69) is 66.1 Å². The quantitative estimate of drug-likeness (QED) is 0.620. The number of nitrogens with zero attached hydrogens (tertiary/aromatic N) is 2. The molecule has 1 aromatic carbocycles. The second-order valence-corrected chi connectivity index (χ2v) is 12.0. The van der Waals surface area contributed by atoms with Gasteiger partial charge in [0.05, 0.1) is 6.04 Å². The molecule has 2 aromatic rings. The molecule has 0 radical (unpaired) electrons. The van der Waals surface area contributed by atoms with Crippen LogP contribution in [0.4, 0.5) is 0 Å². The Balaban J connectivity index is 1.21. The van der Waals surface area contributed by atoms with Crippen molar-refractivity contribution in [3.8, 4) is 0 Å². The first-order chi connectivity index (χ1) is 15.9. The normalized spacial score (nSPS) is 40.2. The maximum Gasteiger partial charge on any atom is 0.224 e. The van der Waals surface area contributed by atoms with Crippen LogP contribution in [0.15, 0.2) is 42.7 Å². The molecule has 1 amide bonds. The van der Waals surface area contributed by atoms with Crippen LogP contribution in [-0.2, 0) is 11.2 Å². The molecular weight excluding hydrogens is 406 g/mol. The van der Waals surface area contributed by atoms with E-state index in [4.69, 9.17) is 0 Å². The first-order valence-corrected chi connectivity index (χ1v) is 13.3. The smallest absolute Gasteiger partial charge is 0.224 e. The Morgan fingerprint density at radius 3 is 2.64 bits per heavy atom. The first kappa shape index (κ1) is 21.4. The molecular formula is C29H39N3O. The molecule has 3 aliphatic carbocycles. The number of carbonyl (C=O) groups excluding carboxylic acids is 1. The monoisotopic (exact) mass is 445 g/mol. The lowest BCUT2D eigenvalue weighted by molar-refractivity contribution is -0.136. The molecule has 0 spiro atoms. The average molecular weight is 446 g/mol. The molecule has 1 aliphatic heterocycles. The molecule has 3 saturated carbocycles. The summed E-state index contributed by atoms with van der Waals surface area (Å²) in [6, 6.07) is 11.1. The Morgan fingerprint density at radius 2 is 1.82 bits per heavy atom. The lowest BCUT2D eigenvalue weighted by atomic mass is 9.47. The van der Waals surface area contributed by atoms with Crippen LogP contribution >= 0.6 is 0 Å². The van der Waals surface area contributed by atoms with Gasteiger partial charge in [-0.2, -0.15) is 0 Å². The molecule has 1 unspecified atom stereocenters. The number of aryl methyl sites for hydroxylation is 1. The lowest BCUT2D eigenvalue weighted by Crippen LogP contribution is -2.54. The number of imidazole rings is 1. The molecule has 3 fully saturated rings. The van der Waals surface area contributed by atoms with Crippen molar-refractivity contribution in [2.24, 2.45) is 34.5 Å². The molecule has 1 N–H and O–H groups in total. The van der Waals surface area contributed by atoms with Crippen molar-refractivity contribution in [3.05, 3.63) is 54.1 Å². The van der Waals surface area contributed by atoms with Crippen LogP contribution in [0.25, 0.3) is 0 Å². The summed E-state index contributed by atoms with van der Waals surface area (Å²) in [5, 5.41) is 3.38. The standard InChI is InChI=1S/C29H39N3O/c1-19(20-7-5-4-6-8-20)31-27(33)24-11-10-22-21-9-12-25-29(3,23(21)13-15-28(22,24)2)16-14-26-30-17-18-32(25)26/h4-8,17-19,21-25H,9-16H2,1-3H3,(H,31,33)/t19-,21+,22+,23+,24-,25?,28+,29-/m1/s1. The van der Waals surface area contributed by atoms with E-state index in [1.165, 1.54) is 49.9 Å². The van der Waals surface area contributed by atoms with Crippen LogP contribution in [0.1, 0.15) is 89.2 Å². The van der Waals surface area contributed by atoms with E-state index in [1.807, 2.05) is 12.3 Å². The van der Waals surface area contributed by atoms with Gasteiger partial charge in [0.25, 0.3) is 0 Å². The fourth-order valence-corrected chi connectivity index (χ4v) is 9.02. The highest BCUT2D eigenvalue weighted by molar-refractivity contribution is 5.80. The van der Waals surface area contributed by atoms with Gasteiger partial charge in [-0.1, -0.05) is 44.2 Å². The van der Waals surface area contributed by atoms with Gasteiger partial charge in [-0.15, -0.1) is 0 Å². The fourth-order valence-electron chi connectivity index (χ4n) is 9.02. The zero-order valence-corrected chi connectivity index (χ0v) is 20.5. The number of amides is 1. The SMILES string of the molecule is C[C@@H](NC(=O)[C@H]1CC[C@H]2[C@@H]3CCC4n5ccnc5CC[C@]4(C)[C@H]3CC[C@]12C)c1ccccc1.